The highest BCUT2D eigenvalue weighted by molar-refractivity contribution is 7.89. The third-order valence-electron chi connectivity index (χ3n) is 4.87. The van der Waals surface area contributed by atoms with Crippen LogP contribution in [0.2, 0.25) is 0 Å². The van der Waals surface area contributed by atoms with Crippen molar-refractivity contribution in [3.63, 3.8) is 0 Å². The fraction of sp³-hybridized carbons (Fsp3) is 0.350. The summed E-state index contributed by atoms with van der Waals surface area (Å²) in [6.07, 6.45) is 1.00. The fourth-order valence-electron chi connectivity index (χ4n) is 3.29. The van der Waals surface area contributed by atoms with E-state index in [2.05, 4.69) is 5.32 Å². The monoisotopic (exact) mass is 388 g/mol. The average Bonchev–Trinajstić information content (AvgIpc) is 2.68. The van der Waals surface area contributed by atoms with Gasteiger partial charge in [-0.05, 0) is 43.5 Å². The minimum Gasteiger partial charge on any atom is -0.497 e. The van der Waals surface area contributed by atoms with Crippen LogP contribution < -0.4 is 10.1 Å². The second-order valence-corrected chi connectivity index (χ2v) is 8.57. The van der Waals surface area contributed by atoms with Crippen molar-refractivity contribution in [2.75, 3.05) is 25.5 Å². The SMILES string of the molecule is COc1cccc(NC(=O)C2CCN(S(=O)(=O)c3ccccc3C)CC2)c1. The number of carbonyl (C=O) groups excluding carboxylic acids is 1. The lowest BCUT2D eigenvalue weighted by atomic mass is 9.97. The van der Waals surface area contributed by atoms with Gasteiger partial charge >= 0.3 is 0 Å². The maximum atomic E-state index is 12.9. The zero-order valence-electron chi connectivity index (χ0n) is 15.5. The largest absolute Gasteiger partial charge is 0.497 e. The molecule has 1 fully saturated rings. The predicted octanol–water partition coefficient (Wildman–Crippen LogP) is 3.04. The first-order valence-corrected chi connectivity index (χ1v) is 10.4. The number of ether oxygens (including phenoxy) is 1. The molecule has 1 heterocycles. The van der Waals surface area contributed by atoms with E-state index >= 15 is 0 Å². The molecule has 144 valence electrons. The number of nitrogens with one attached hydrogen (secondary N) is 1. The molecule has 1 N–H and O–H groups in total. The summed E-state index contributed by atoms with van der Waals surface area (Å²) in [4.78, 5) is 12.9. The molecule has 1 aliphatic heterocycles. The van der Waals surface area contributed by atoms with E-state index < -0.39 is 10.0 Å². The highest BCUT2D eigenvalue weighted by Gasteiger charge is 2.32. The van der Waals surface area contributed by atoms with Gasteiger partial charge in [-0.2, -0.15) is 4.31 Å². The Bertz CT molecular complexity index is 919. The van der Waals surface area contributed by atoms with Crippen molar-refractivity contribution < 1.29 is 17.9 Å². The molecule has 7 heteroatoms. The number of hydrogen-bond donors (Lipinski definition) is 1. The molecule has 0 atom stereocenters. The van der Waals surface area contributed by atoms with Gasteiger partial charge in [0.15, 0.2) is 0 Å². The highest BCUT2D eigenvalue weighted by Crippen LogP contribution is 2.26. The molecule has 0 radical (unpaired) electrons. The van der Waals surface area contributed by atoms with Crippen LogP contribution in [0.4, 0.5) is 5.69 Å². The number of benzene rings is 2. The Balaban J connectivity index is 1.63. The van der Waals surface area contributed by atoms with Crippen molar-refractivity contribution in [3.8, 4) is 5.75 Å². The maximum Gasteiger partial charge on any atom is 0.243 e. The van der Waals surface area contributed by atoms with Crippen molar-refractivity contribution in [2.24, 2.45) is 5.92 Å². The number of carbonyl (C=O) groups is 1. The molecular weight excluding hydrogens is 364 g/mol. The van der Waals surface area contributed by atoms with Crippen molar-refractivity contribution in [1.29, 1.82) is 0 Å². The summed E-state index contributed by atoms with van der Waals surface area (Å²) in [6.45, 7) is 2.47. The van der Waals surface area contributed by atoms with E-state index in [4.69, 9.17) is 4.74 Å². The third kappa shape index (κ3) is 4.31. The third-order valence-corrected chi connectivity index (χ3v) is 6.93. The molecule has 0 unspecified atom stereocenters. The number of anilines is 1. The Kier molecular flexibility index (Phi) is 5.82. The molecule has 3 rings (SSSR count). The molecule has 27 heavy (non-hydrogen) atoms. The number of methoxy groups -OCH3 is 1. The number of rotatable bonds is 5. The van der Waals surface area contributed by atoms with Gasteiger partial charge in [-0.3, -0.25) is 4.79 Å². The summed E-state index contributed by atoms with van der Waals surface area (Å²) in [6, 6.07) is 14.2. The summed E-state index contributed by atoms with van der Waals surface area (Å²) in [5, 5.41) is 2.89. The Morgan fingerprint density at radius 2 is 1.81 bits per heavy atom. The van der Waals surface area contributed by atoms with Gasteiger partial charge in [-0.15, -0.1) is 0 Å². The molecule has 1 aliphatic rings. The summed E-state index contributed by atoms with van der Waals surface area (Å²) in [5.41, 5.74) is 1.41. The summed E-state index contributed by atoms with van der Waals surface area (Å²) in [7, 11) is -1.95. The maximum absolute atomic E-state index is 12.9. The Morgan fingerprint density at radius 1 is 1.11 bits per heavy atom. The Morgan fingerprint density at radius 3 is 2.48 bits per heavy atom. The first kappa shape index (κ1) is 19.4. The smallest absolute Gasteiger partial charge is 0.243 e. The van der Waals surface area contributed by atoms with Crippen molar-refractivity contribution in [3.05, 3.63) is 54.1 Å². The molecular formula is C20H24N2O4S. The van der Waals surface area contributed by atoms with Crippen LogP contribution in [0.25, 0.3) is 0 Å². The van der Waals surface area contributed by atoms with Crippen LogP contribution in [-0.2, 0) is 14.8 Å². The van der Waals surface area contributed by atoms with Gasteiger partial charge in [0.05, 0.1) is 12.0 Å². The van der Waals surface area contributed by atoms with E-state index in [1.54, 1.807) is 44.4 Å². The number of nitrogens with zero attached hydrogens (tertiary/aromatic N) is 1. The minimum atomic E-state index is -3.52. The van der Waals surface area contributed by atoms with Gasteiger partial charge in [0.25, 0.3) is 0 Å². The molecule has 0 aliphatic carbocycles. The molecule has 0 aromatic heterocycles. The van der Waals surface area contributed by atoms with Crippen LogP contribution in [0, 0.1) is 12.8 Å². The van der Waals surface area contributed by atoms with Gasteiger partial charge in [-0.25, -0.2) is 8.42 Å². The Hall–Kier alpha value is -2.38. The highest BCUT2D eigenvalue weighted by atomic mass is 32.2. The molecule has 2 aromatic rings. The normalized spacial score (nSPS) is 16.1. The predicted molar refractivity (Wildman–Crippen MR) is 104 cm³/mol. The average molecular weight is 388 g/mol. The zero-order valence-corrected chi connectivity index (χ0v) is 16.3. The van der Waals surface area contributed by atoms with Crippen LogP contribution in [0.5, 0.6) is 5.75 Å². The first-order chi connectivity index (χ1) is 12.9. The number of hydrogen-bond acceptors (Lipinski definition) is 4. The second-order valence-electron chi connectivity index (χ2n) is 6.67. The van der Waals surface area contributed by atoms with Crippen LogP contribution in [0.3, 0.4) is 0 Å². The molecule has 0 bridgehead atoms. The van der Waals surface area contributed by atoms with Crippen molar-refractivity contribution >= 4 is 21.6 Å². The zero-order chi connectivity index (χ0) is 19.4. The standard InChI is InChI=1S/C20H24N2O4S/c1-15-6-3-4-9-19(15)27(24,25)22-12-10-16(11-13-22)20(23)21-17-7-5-8-18(14-17)26-2/h3-9,14,16H,10-13H2,1-2H3,(H,21,23). The number of amides is 1. The number of sulfonamides is 1. The second kappa shape index (κ2) is 8.10. The van der Waals surface area contributed by atoms with E-state index in [0.717, 1.165) is 5.56 Å². The quantitative estimate of drug-likeness (QED) is 0.854. The number of piperidine rings is 1. The van der Waals surface area contributed by atoms with Crippen LogP contribution in [0.1, 0.15) is 18.4 Å². The topological polar surface area (TPSA) is 75.7 Å². The van der Waals surface area contributed by atoms with E-state index in [-0.39, 0.29) is 11.8 Å². The van der Waals surface area contributed by atoms with Gasteiger partial charge in [0.2, 0.25) is 15.9 Å². The molecule has 1 amide bonds. The van der Waals surface area contributed by atoms with Gasteiger partial charge in [0, 0.05) is 30.8 Å². The van der Waals surface area contributed by atoms with Crippen molar-refractivity contribution in [1.82, 2.24) is 4.31 Å². The van der Waals surface area contributed by atoms with Gasteiger partial charge < -0.3 is 10.1 Å². The fourth-order valence-corrected chi connectivity index (χ4v) is 4.98. The Labute approximate surface area is 160 Å². The van der Waals surface area contributed by atoms with Gasteiger partial charge in [-0.1, -0.05) is 24.3 Å². The molecule has 1 saturated heterocycles. The van der Waals surface area contributed by atoms with E-state index in [1.807, 2.05) is 18.2 Å². The van der Waals surface area contributed by atoms with Crippen LogP contribution in [-0.4, -0.2) is 38.8 Å². The van der Waals surface area contributed by atoms with Gasteiger partial charge in [0.1, 0.15) is 5.75 Å². The van der Waals surface area contributed by atoms with Crippen molar-refractivity contribution in [2.45, 2.75) is 24.7 Å². The summed E-state index contributed by atoms with van der Waals surface area (Å²) < 4.78 is 32.4. The molecule has 0 saturated carbocycles. The number of aryl methyl sites for hydroxylation is 1. The lowest BCUT2D eigenvalue weighted by Crippen LogP contribution is -2.41. The molecule has 6 nitrogen and oxygen atoms in total. The van der Waals surface area contributed by atoms with E-state index in [9.17, 15) is 13.2 Å². The summed E-state index contributed by atoms with van der Waals surface area (Å²) >= 11 is 0. The van der Waals surface area contributed by atoms with E-state index in [0.29, 0.717) is 42.3 Å². The molecule has 2 aromatic carbocycles. The molecule has 0 spiro atoms. The van der Waals surface area contributed by atoms with E-state index in [1.165, 1.54) is 4.31 Å². The summed E-state index contributed by atoms with van der Waals surface area (Å²) in [5.74, 6) is 0.377. The lowest BCUT2D eigenvalue weighted by Gasteiger charge is -2.31. The lowest BCUT2D eigenvalue weighted by molar-refractivity contribution is -0.120. The van der Waals surface area contributed by atoms with Crippen LogP contribution >= 0.6 is 0 Å². The first-order valence-electron chi connectivity index (χ1n) is 8.92. The van der Waals surface area contributed by atoms with Crippen LogP contribution in [0.15, 0.2) is 53.4 Å². The minimum absolute atomic E-state index is 0.0869.